The van der Waals surface area contributed by atoms with Crippen LogP contribution in [-0.2, 0) is 10.8 Å². The van der Waals surface area contributed by atoms with Gasteiger partial charge in [0.2, 0.25) is 0 Å². The van der Waals surface area contributed by atoms with E-state index in [0.29, 0.717) is 0 Å². The Morgan fingerprint density at radius 3 is 2.10 bits per heavy atom. The monoisotopic (exact) mass is 287 g/mol. The third kappa shape index (κ3) is 3.16. The van der Waals surface area contributed by atoms with Gasteiger partial charge < -0.3 is 10.2 Å². The molecule has 2 N–H and O–H groups in total. The van der Waals surface area contributed by atoms with Crippen molar-refractivity contribution >= 4 is 11.0 Å². The summed E-state index contributed by atoms with van der Waals surface area (Å²) in [5.41, 5.74) is 9.92. The van der Waals surface area contributed by atoms with Gasteiger partial charge >= 0.3 is 0 Å². The molecule has 2 rings (SSSR count). The summed E-state index contributed by atoms with van der Waals surface area (Å²) in [6.07, 6.45) is 0.886. The van der Waals surface area contributed by atoms with Crippen molar-refractivity contribution in [3.05, 3.63) is 35.1 Å². The Bertz CT molecular complexity index is 638. The molecule has 1 aromatic heterocycles. The Balaban J connectivity index is 2.75. The van der Waals surface area contributed by atoms with Crippen molar-refractivity contribution in [2.45, 2.75) is 71.8 Å². The van der Waals surface area contributed by atoms with Crippen LogP contribution in [0, 0.1) is 0 Å². The second kappa shape index (κ2) is 5.17. The molecule has 0 amide bonds. The number of rotatable bonds is 2. The van der Waals surface area contributed by atoms with Crippen LogP contribution < -0.4 is 5.73 Å². The molecule has 0 aliphatic rings. The van der Waals surface area contributed by atoms with Crippen LogP contribution in [0.15, 0.2) is 22.6 Å². The quantitative estimate of drug-likeness (QED) is 0.799. The third-order valence-electron chi connectivity index (χ3n) is 4.11. The number of benzene rings is 1. The van der Waals surface area contributed by atoms with Crippen LogP contribution in [0.4, 0.5) is 0 Å². The smallest absolute Gasteiger partial charge is 0.138 e. The fourth-order valence-electron chi connectivity index (χ4n) is 2.55. The first kappa shape index (κ1) is 16.1. The van der Waals surface area contributed by atoms with Crippen LogP contribution in [-0.4, -0.2) is 0 Å². The minimum Gasteiger partial charge on any atom is -0.459 e. The fourth-order valence-corrected chi connectivity index (χ4v) is 2.55. The summed E-state index contributed by atoms with van der Waals surface area (Å²) in [7, 11) is 0. The average Bonchev–Trinajstić information content (AvgIpc) is 2.77. The van der Waals surface area contributed by atoms with E-state index in [2.05, 4.69) is 66.7 Å². The predicted molar refractivity (Wildman–Crippen MR) is 90.8 cm³/mol. The van der Waals surface area contributed by atoms with Crippen molar-refractivity contribution in [3.63, 3.8) is 0 Å². The van der Waals surface area contributed by atoms with Gasteiger partial charge in [0.15, 0.2) is 0 Å². The summed E-state index contributed by atoms with van der Waals surface area (Å²) >= 11 is 0. The molecule has 0 fully saturated rings. The summed E-state index contributed by atoms with van der Waals surface area (Å²) < 4.78 is 6.12. The Morgan fingerprint density at radius 1 is 1.00 bits per heavy atom. The maximum atomic E-state index is 6.15. The molecule has 0 saturated heterocycles. The van der Waals surface area contributed by atoms with E-state index < -0.39 is 0 Å². The zero-order valence-electron chi connectivity index (χ0n) is 14.5. The van der Waals surface area contributed by atoms with Crippen LogP contribution in [0.5, 0.6) is 0 Å². The summed E-state index contributed by atoms with van der Waals surface area (Å²) in [6, 6.07) is 6.64. The topological polar surface area (TPSA) is 39.2 Å². The molecule has 2 nitrogen and oxygen atoms in total. The predicted octanol–water partition coefficient (Wildman–Crippen LogP) is 5.44. The normalized spacial score (nSPS) is 14.7. The van der Waals surface area contributed by atoms with Crippen molar-refractivity contribution in [2.24, 2.45) is 5.73 Å². The number of hydrogen-bond donors (Lipinski definition) is 1. The lowest BCUT2D eigenvalue weighted by molar-refractivity contribution is 0.478. The minimum atomic E-state index is -0.0247. The molecule has 1 atom stereocenters. The minimum absolute atomic E-state index is 0.0247. The third-order valence-corrected chi connectivity index (χ3v) is 4.11. The second-order valence-corrected chi connectivity index (χ2v) is 8.11. The van der Waals surface area contributed by atoms with E-state index in [0.717, 1.165) is 17.8 Å². The Kier molecular flexibility index (Phi) is 3.96. The summed E-state index contributed by atoms with van der Waals surface area (Å²) in [5.74, 6) is 0.893. The number of fused-ring (bicyclic) bond motifs is 1. The number of furan rings is 1. The summed E-state index contributed by atoms with van der Waals surface area (Å²) in [5, 5.41) is 1.17. The van der Waals surface area contributed by atoms with Gasteiger partial charge in [0, 0.05) is 10.9 Å². The van der Waals surface area contributed by atoms with Crippen molar-refractivity contribution < 1.29 is 4.42 Å². The molecule has 0 saturated carbocycles. The SMILES string of the molecule is CCC(N)c1cc2cc(C(C)(C)C)cc(C(C)(C)C)c2o1. The van der Waals surface area contributed by atoms with E-state index in [1.54, 1.807) is 0 Å². The van der Waals surface area contributed by atoms with Gasteiger partial charge in [-0.1, -0.05) is 54.5 Å². The van der Waals surface area contributed by atoms with Crippen LogP contribution in [0.25, 0.3) is 11.0 Å². The zero-order valence-corrected chi connectivity index (χ0v) is 14.5. The molecule has 0 bridgehead atoms. The summed E-state index contributed by atoms with van der Waals surface area (Å²) in [4.78, 5) is 0. The van der Waals surface area contributed by atoms with E-state index >= 15 is 0 Å². The standard InChI is InChI=1S/C19H29NO/c1-8-15(20)16-10-12-9-13(18(2,3)4)11-14(17(12)21-16)19(5,6)7/h9-11,15H,8,20H2,1-7H3. The van der Waals surface area contributed by atoms with E-state index in [1.165, 1.54) is 16.5 Å². The molecule has 116 valence electrons. The molecule has 0 radical (unpaired) electrons. The van der Waals surface area contributed by atoms with Crippen LogP contribution in [0.1, 0.15) is 77.8 Å². The lowest BCUT2D eigenvalue weighted by atomic mass is 9.80. The van der Waals surface area contributed by atoms with Gasteiger partial charge in [-0.2, -0.15) is 0 Å². The lowest BCUT2D eigenvalue weighted by Gasteiger charge is -2.25. The van der Waals surface area contributed by atoms with Gasteiger partial charge in [-0.3, -0.25) is 0 Å². The average molecular weight is 287 g/mol. The molecule has 0 aliphatic heterocycles. The van der Waals surface area contributed by atoms with Crippen molar-refractivity contribution in [1.82, 2.24) is 0 Å². The first-order valence-electron chi connectivity index (χ1n) is 7.88. The van der Waals surface area contributed by atoms with Crippen LogP contribution in [0.3, 0.4) is 0 Å². The molecule has 0 aliphatic carbocycles. The van der Waals surface area contributed by atoms with Crippen molar-refractivity contribution in [3.8, 4) is 0 Å². The highest BCUT2D eigenvalue weighted by Gasteiger charge is 2.25. The molecule has 1 heterocycles. The first-order valence-corrected chi connectivity index (χ1v) is 7.88. The Labute approximate surface area is 128 Å². The number of nitrogens with two attached hydrogens (primary N) is 1. The molecule has 0 spiro atoms. The van der Waals surface area contributed by atoms with Crippen LogP contribution >= 0.6 is 0 Å². The van der Waals surface area contributed by atoms with Crippen LogP contribution in [0.2, 0.25) is 0 Å². The van der Waals surface area contributed by atoms with E-state index in [1.807, 2.05) is 0 Å². The maximum absolute atomic E-state index is 6.15. The van der Waals surface area contributed by atoms with Crippen molar-refractivity contribution in [1.29, 1.82) is 0 Å². The van der Waals surface area contributed by atoms with E-state index in [9.17, 15) is 0 Å². The van der Waals surface area contributed by atoms with Crippen molar-refractivity contribution in [2.75, 3.05) is 0 Å². The molecular formula is C19H29NO. The lowest BCUT2D eigenvalue weighted by Crippen LogP contribution is -2.16. The highest BCUT2D eigenvalue weighted by Crippen LogP contribution is 2.37. The van der Waals surface area contributed by atoms with E-state index in [4.69, 9.17) is 10.2 Å². The van der Waals surface area contributed by atoms with Gasteiger partial charge in [0.1, 0.15) is 11.3 Å². The molecule has 1 unspecified atom stereocenters. The van der Waals surface area contributed by atoms with Gasteiger partial charge in [-0.25, -0.2) is 0 Å². The van der Waals surface area contributed by atoms with Gasteiger partial charge in [0.25, 0.3) is 0 Å². The van der Waals surface area contributed by atoms with Gasteiger partial charge in [-0.15, -0.1) is 0 Å². The van der Waals surface area contributed by atoms with E-state index in [-0.39, 0.29) is 16.9 Å². The molecule has 21 heavy (non-hydrogen) atoms. The largest absolute Gasteiger partial charge is 0.459 e. The number of hydrogen-bond acceptors (Lipinski definition) is 2. The fraction of sp³-hybridized carbons (Fsp3) is 0.579. The first-order chi connectivity index (χ1) is 9.54. The van der Waals surface area contributed by atoms with Gasteiger partial charge in [0.05, 0.1) is 6.04 Å². The highest BCUT2D eigenvalue weighted by atomic mass is 16.3. The molecule has 1 aromatic carbocycles. The summed E-state index contributed by atoms with van der Waals surface area (Å²) in [6.45, 7) is 15.5. The van der Waals surface area contributed by atoms with Gasteiger partial charge in [-0.05, 0) is 34.9 Å². The zero-order chi connectivity index (χ0) is 16.0. The molecule has 2 heteroatoms. The highest BCUT2D eigenvalue weighted by molar-refractivity contribution is 5.83. The Hall–Kier alpha value is -1.28. The second-order valence-electron chi connectivity index (χ2n) is 8.11. The molecule has 2 aromatic rings. The Morgan fingerprint density at radius 2 is 1.62 bits per heavy atom. The molecular weight excluding hydrogens is 258 g/mol. The maximum Gasteiger partial charge on any atom is 0.138 e.